The van der Waals surface area contributed by atoms with Crippen LogP contribution in [0.3, 0.4) is 0 Å². The fraction of sp³-hybridized carbons (Fsp3) is 0.240. The van der Waals surface area contributed by atoms with Gasteiger partial charge in [-0.1, -0.05) is 11.6 Å². The number of carbonyl (C=O) groups is 1. The van der Waals surface area contributed by atoms with Crippen LogP contribution < -0.4 is 23.8 Å². The maximum Gasteiger partial charge on any atom is 0.264 e. The second-order valence-electron chi connectivity index (χ2n) is 7.56. The molecule has 0 aliphatic rings. The lowest BCUT2D eigenvalue weighted by Gasteiger charge is -2.25. The van der Waals surface area contributed by atoms with Crippen LogP contribution in [0.1, 0.15) is 18.5 Å². The standard InChI is InChI=1S/C25H27ClN2O6S/c1-17(23-15-21(33-3)11-14-24(23)34-4)27-25(29)16-28(19-7-5-18(26)6-8-19)35(30,31)22-12-9-20(32-2)10-13-22/h5-15,17H,16H2,1-4H3,(H,27,29)/t17-/m1/s1. The van der Waals surface area contributed by atoms with Crippen LogP contribution in [0.2, 0.25) is 5.02 Å². The number of halogens is 1. The Kier molecular flexibility index (Phi) is 8.48. The van der Waals surface area contributed by atoms with Gasteiger partial charge in [-0.3, -0.25) is 9.10 Å². The van der Waals surface area contributed by atoms with Gasteiger partial charge < -0.3 is 19.5 Å². The molecular weight excluding hydrogens is 492 g/mol. The molecular formula is C25H27ClN2O6S. The zero-order valence-electron chi connectivity index (χ0n) is 19.8. The first kappa shape index (κ1) is 26.2. The molecule has 0 spiro atoms. The summed E-state index contributed by atoms with van der Waals surface area (Å²) in [6.07, 6.45) is 0. The monoisotopic (exact) mass is 518 g/mol. The summed E-state index contributed by atoms with van der Waals surface area (Å²) in [5, 5.41) is 3.29. The molecule has 0 radical (unpaired) electrons. The minimum atomic E-state index is -4.08. The second kappa shape index (κ2) is 11.3. The molecule has 35 heavy (non-hydrogen) atoms. The zero-order chi connectivity index (χ0) is 25.6. The Labute approximate surface area is 210 Å². The van der Waals surface area contributed by atoms with Gasteiger partial charge in [0.25, 0.3) is 10.0 Å². The van der Waals surface area contributed by atoms with E-state index in [1.807, 2.05) is 0 Å². The van der Waals surface area contributed by atoms with Gasteiger partial charge in [0.05, 0.1) is 38.0 Å². The SMILES string of the molecule is COc1ccc(S(=O)(=O)N(CC(=O)N[C@H](C)c2cc(OC)ccc2OC)c2ccc(Cl)cc2)cc1. The molecule has 0 aliphatic carbocycles. The predicted molar refractivity (Wildman–Crippen MR) is 135 cm³/mol. The van der Waals surface area contributed by atoms with Crippen LogP contribution in [-0.2, 0) is 14.8 Å². The fourth-order valence-corrected chi connectivity index (χ4v) is 5.02. The molecule has 8 nitrogen and oxygen atoms in total. The van der Waals surface area contributed by atoms with Gasteiger partial charge in [-0.05, 0) is 73.7 Å². The van der Waals surface area contributed by atoms with E-state index < -0.39 is 28.5 Å². The highest BCUT2D eigenvalue weighted by Crippen LogP contribution is 2.30. The van der Waals surface area contributed by atoms with Crippen molar-refractivity contribution in [1.29, 1.82) is 0 Å². The lowest BCUT2D eigenvalue weighted by atomic mass is 10.1. The van der Waals surface area contributed by atoms with Gasteiger partial charge in [0.15, 0.2) is 0 Å². The van der Waals surface area contributed by atoms with E-state index >= 15 is 0 Å². The number of nitrogens with one attached hydrogen (secondary N) is 1. The number of nitrogens with zero attached hydrogens (tertiary/aromatic N) is 1. The van der Waals surface area contributed by atoms with Crippen molar-refractivity contribution >= 4 is 33.2 Å². The van der Waals surface area contributed by atoms with E-state index in [2.05, 4.69) is 5.32 Å². The third kappa shape index (κ3) is 6.17. The Morgan fingerprint density at radius 2 is 1.51 bits per heavy atom. The third-order valence-corrected chi connectivity index (χ3v) is 7.37. The minimum absolute atomic E-state index is 0.0172. The summed E-state index contributed by atoms with van der Waals surface area (Å²) in [7, 11) is 0.486. The number of sulfonamides is 1. The molecule has 3 aromatic rings. The second-order valence-corrected chi connectivity index (χ2v) is 9.86. The van der Waals surface area contributed by atoms with Gasteiger partial charge in [-0.2, -0.15) is 0 Å². The molecule has 186 valence electrons. The summed E-state index contributed by atoms with van der Waals surface area (Å²) in [4.78, 5) is 13.1. The maximum absolute atomic E-state index is 13.5. The average molecular weight is 519 g/mol. The van der Waals surface area contributed by atoms with Crippen molar-refractivity contribution in [3.05, 3.63) is 77.3 Å². The highest BCUT2D eigenvalue weighted by molar-refractivity contribution is 7.92. The van der Waals surface area contributed by atoms with Crippen molar-refractivity contribution in [2.75, 3.05) is 32.2 Å². The van der Waals surface area contributed by atoms with E-state index in [4.69, 9.17) is 25.8 Å². The first-order valence-electron chi connectivity index (χ1n) is 10.6. The van der Waals surface area contributed by atoms with Crippen LogP contribution in [0.5, 0.6) is 17.2 Å². The number of amides is 1. The van der Waals surface area contributed by atoms with E-state index in [-0.39, 0.29) is 4.90 Å². The van der Waals surface area contributed by atoms with E-state index in [1.54, 1.807) is 68.6 Å². The van der Waals surface area contributed by atoms with E-state index in [9.17, 15) is 13.2 Å². The minimum Gasteiger partial charge on any atom is -0.497 e. The summed E-state index contributed by atoms with van der Waals surface area (Å²) >= 11 is 5.99. The zero-order valence-corrected chi connectivity index (χ0v) is 21.4. The number of hydrogen-bond acceptors (Lipinski definition) is 6. The molecule has 3 aromatic carbocycles. The Bertz CT molecular complexity index is 1260. The van der Waals surface area contributed by atoms with Crippen LogP contribution in [-0.4, -0.2) is 42.2 Å². The molecule has 0 saturated heterocycles. The maximum atomic E-state index is 13.5. The summed E-state index contributed by atoms with van der Waals surface area (Å²) in [6, 6.07) is 16.9. The van der Waals surface area contributed by atoms with Gasteiger partial charge in [0.1, 0.15) is 23.8 Å². The number of hydrogen-bond donors (Lipinski definition) is 1. The van der Waals surface area contributed by atoms with Crippen molar-refractivity contribution in [3.63, 3.8) is 0 Å². The van der Waals surface area contributed by atoms with E-state index in [0.29, 0.717) is 33.5 Å². The third-order valence-electron chi connectivity index (χ3n) is 5.33. The van der Waals surface area contributed by atoms with E-state index in [0.717, 1.165) is 4.31 Å². The molecule has 0 heterocycles. The fourth-order valence-electron chi connectivity index (χ4n) is 3.47. The van der Waals surface area contributed by atoms with Crippen LogP contribution >= 0.6 is 11.6 Å². The molecule has 3 rings (SSSR count). The van der Waals surface area contributed by atoms with Crippen LogP contribution in [0.4, 0.5) is 5.69 Å². The van der Waals surface area contributed by atoms with Crippen molar-refractivity contribution in [3.8, 4) is 17.2 Å². The lowest BCUT2D eigenvalue weighted by Crippen LogP contribution is -2.41. The molecule has 1 N–H and O–H groups in total. The molecule has 0 saturated carbocycles. The summed E-state index contributed by atoms with van der Waals surface area (Å²) in [5.41, 5.74) is 0.989. The van der Waals surface area contributed by atoms with Crippen molar-refractivity contribution in [2.24, 2.45) is 0 Å². The Balaban J connectivity index is 1.90. The van der Waals surface area contributed by atoms with Crippen molar-refractivity contribution in [2.45, 2.75) is 17.9 Å². The van der Waals surface area contributed by atoms with Gasteiger partial charge in [0, 0.05) is 10.6 Å². The number of ether oxygens (including phenoxy) is 3. The molecule has 1 amide bonds. The van der Waals surface area contributed by atoms with Gasteiger partial charge in [-0.25, -0.2) is 8.42 Å². The molecule has 0 bridgehead atoms. The molecule has 0 fully saturated rings. The number of benzene rings is 3. The van der Waals surface area contributed by atoms with E-state index in [1.165, 1.54) is 26.4 Å². The smallest absolute Gasteiger partial charge is 0.264 e. The van der Waals surface area contributed by atoms with Crippen molar-refractivity contribution in [1.82, 2.24) is 5.32 Å². The van der Waals surface area contributed by atoms with Crippen LogP contribution in [0, 0.1) is 0 Å². The number of rotatable bonds is 10. The van der Waals surface area contributed by atoms with Gasteiger partial charge in [-0.15, -0.1) is 0 Å². The molecule has 1 atom stereocenters. The molecule has 0 aliphatic heterocycles. The largest absolute Gasteiger partial charge is 0.497 e. The normalized spacial score (nSPS) is 11.9. The Morgan fingerprint density at radius 3 is 2.09 bits per heavy atom. The Hall–Kier alpha value is -3.43. The summed E-state index contributed by atoms with van der Waals surface area (Å²) in [6.45, 7) is 1.33. The summed E-state index contributed by atoms with van der Waals surface area (Å²) < 4.78 is 43.9. The first-order valence-corrected chi connectivity index (χ1v) is 12.4. The number of anilines is 1. The van der Waals surface area contributed by atoms with Gasteiger partial charge >= 0.3 is 0 Å². The molecule has 10 heteroatoms. The molecule has 0 aromatic heterocycles. The number of methoxy groups -OCH3 is 3. The lowest BCUT2D eigenvalue weighted by molar-refractivity contribution is -0.120. The highest BCUT2D eigenvalue weighted by Gasteiger charge is 2.28. The topological polar surface area (TPSA) is 94.2 Å². The van der Waals surface area contributed by atoms with Crippen LogP contribution in [0.15, 0.2) is 71.6 Å². The Morgan fingerprint density at radius 1 is 0.914 bits per heavy atom. The first-order chi connectivity index (χ1) is 16.7. The highest BCUT2D eigenvalue weighted by atomic mass is 35.5. The van der Waals surface area contributed by atoms with Crippen LogP contribution in [0.25, 0.3) is 0 Å². The van der Waals surface area contributed by atoms with Gasteiger partial charge in [0.2, 0.25) is 5.91 Å². The number of carbonyl (C=O) groups excluding carboxylic acids is 1. The predicted octanol–water partition coefficient (Wildman–Crippen LogP) is 4.44. The quantitative estimate of drug-likeness (QED) is 0.426. The molecule has 0 unspecified atom stereocenters. The van der Waals surface area contributed by atoms with Crippen molar-refractivity contribution < 1.29 is 27.4 Å². The average Bonchev–Trinajstić information content (AvgIpc) is 2.87. The summed E-state index contributed by atoms with van der Waals surface area (Å²) in [5.74, 6) is 1.18.